The number of hydrogen-bond donors (Lipinski definition) is 1. The molecule has 0 amide bonds. The second-order valence-corrected chi connectivity index (χ2v) is 6.04. The van der Waals surface area contributed by atoms with Gasteiger partial charge >= 0.3 is 0 Å². The lowest BCUT2D eigenvalue weighted by atomic mass is 10.0. The molecular formula is C16H18ClN5O2. The highest BCUT2D eigenvalue weighted by Crippen LogP contribution is 2.30. The van der Waals surface area contributed by atoms with Crippen molar-refractivity contribution in [3.8, 4) is 11.8 Å². The van der Waals surface area contributed by atoms with Gasteiger partial charge in [-0.15, -0.1) is 5.10 Å². The monoisotopic (exact) mass is 347 g/mol. The van der Waals surface area contributed by atoms with Crippen LogP contribution in [0.3, 0.4) is 0 Å². The molecule has 3 rings (SSSR count). The van der Waals surface area contributed by atoms with E-state index in [-0.39, 0.29) is 0 Å². The minimum Gasteiger partial charge on any atom is -0.399 e. The third-order valence-corrected chi connectivity index (χ3v) is 4.27. The normalized spacial score (nSPS) is 16.2. The molecule has 1 fully saturated rings. The molecule has 1 aromatic carbocycles. The average molecular weight is 348 g/mol. The predicted molar refractivity (Wildman–Crippen MR) is 88.6 cm³/mol. The summed E-state index contributed by atoms with van der Waals surface area (Å²) in [6.07, 6.45) is 4.02. The second kappa shape index (κ2) is 7.18. The van der Waals surface area contributed by atoms with Crippen LogP contribution in [0, 0.1) is 11.3 Å². The molecule has 2 N–H and O–H groups in total. The smallest absolute Gasteiger partial charge is 0.169 e. The average Bonchev–Trinajstić information content (AvgIpc) is 3.23. The molecule has 0 radical (unpaired) electrons. The van der Waals surface area contributed by atoms with Gasteiger partial charge in [0, 0.05) is 24.9 Å². The Hall–Kier alpha value is -2.14. The predicted octanol–water partition coefficient (Wildman–Crippen LogP) is 2.48. The van der Waals surface area contributed by atoms with Crippen molar-refractivity contribution < 1.29 is 9.47 Å². The van der Waals surface area contributed by atoms with Crippen molar-refractivity contribution in [1.29, 1.82) is 5.26 Å². The number of anilines is 1. The summed E-state index contributed by atoms with van der Waals surface area (Å²) in [5, 5.41) is 17.6. The number of ether oxygens (including phenoxy) is 2. The van der Waals surface area contributed by atoms with E-state index in [1.165, 1.54) is 0 Å². The van der Waals surface area contributed by atoms with Gasteiger partial charge < -0.3 is 15.2 Å². The zero-order valence-electron chi connectivity index (χ0n) is 13.1. The Morgan fingerprint density at radius 2 is 2.12 bits per heavy atom. The Labute approximate surface area is 144 Å². The number of nitrogens with zero attached hydrogens (tertiary/aromatic N) is 4. The minimum absolute atomic E-state index is 0.394. The minimum atomic E-state index is -0.686. The number of halogens is 1. The fourth-order valence-electron chi connectivity index (χ4n) is 2.71. The third kappa shape index (κ3) is 3.67. The van der Waals surface area contributed by atoms with Crippen LogP contribution in [0.2, 0.25) is 5.02 Å². The standard InChI is InChI=1S/C16H18ClN5O2/c17-14-3-2-12(19)10-15(14)22-11-13(20-21-22)4-6-16(5-1-7-18)23-8-9-24-16/h2-3,10-11H,1,4-6,8-9,19H2. The largest absolute Gasteiger partial charge is 0.399 e. The maximum absolute atomic E-state index is 8.79. The molecule has 0 aliphatic carbocycles. The van der Waals surface area contributed by atoms with Crippen LogP contribution in [0.5, 0.6) is 0 Å². The van der Waals surface area contributed by atoms with E-state index in [1.807, 2.05) is 6.20 Å². The number of nitrogen functional groups attached to an aromatic ring is 1. The van der Waals surface area contributed by atoms with Crippen molar-refractivity contribution in [2.75, 3.05) is 18.9 Å². The first kappa shape index (κ1) is 16.7. The van der Waals surface area contributed by atoms with E-state index >= 15 is 0 Å². The molecular weight excluding hydrogens is 330 g/mol. The molecule has 0 spiro atoms. The topological polar surface area (TPSA) is 99.0 Å². The van der Waals surface area contributed by atoms with E-state index < -0.39 is 5.79 Å². The zero-order chi connectivity index (χ0) is 17.0. The van der Waals surface area contributed by atoms with Crippen molar-refractivity contribution in [2.24, 2.45) is 0 Å². The summed E-state index contributed by atoms with van der Waals surface area (Å²) in [6.45, 7) is 1.11. The Balaban J connectivity index is 1.70. The number of aromatic nitrogens is 3. The lowest BCUT2D eigenvalue weighted by molar-refractivity contribution is -0.165. The van der Waals surface area contributed by atoms with E-state index in [1.54, 1.807) is 22.9 Å². The highest BCUT2D eigenvalue weighted by molar-refractivity contribution is 6.32. The summed E-state index contributed by atoms with van der Waals surface area (Å²) in [7, 11) is 0. The van der Waals surface area contributed by atoms with Gasteiger partial charge in [0.05, 0.1) is 41.9 Å². The Morgan fingerprint density at radius 1 is 1.33 bits per heavy atom. The van der Waals surface area contributed by atoms with Crippen LogP contribution in [-0.2, 0) is 15.9 Å². The van der Waals surface area contributed by atoms with Crippen molar-refractivity contribution in [3.05, 3.63) is 35.1 Å². The van der Waals surface area contributed by atoms with E-state index in [0.717, 1.165) is 5.69 Å². The van der Waals surface area contributed by atoms with Crippen molar-refractivity contribution in [1.82, 2.24) is 15.0 Å². The first-order valence-electron chi connectivity index (χ1n) is 7.73. The lowest BCUT2D eigenvalue weighted by Gasteiger charge is -2.26. The van der Waals surface area contributed by atoms with Gasteiger partial charge in [-0.05, 0) is 24.6 Å². The van der Waals surface area contributed by atoms with Gasteiger partial charge in [-0.25, -0.2) is 4.68 Å². The van der Waals surface area contributed by atoms with Crippen LogP contribution in [-0.4, -0.2) is 34.0 Å². The Kier molecular flexibility index (Phi) is 5.00. The molecule has 0 bridgehead atoms. The molecule has 126 valence electrons. The highest BCUT2D eigenvalue weighted by Gasteiger charge is 2.35. The SMILES string of the molecule is N#CCCC1(CCc2cn(-c3cc(N)ccc3Cl)nn2)OCCO1. The number of benzene rings is 1. The maximum atomic E-state index is 8.79. The van der Waals surface area contributed by atoms with E-state index in [9.17, 15) is 0 Å². The molecule has 0 unspecified atom stereocenters. The number of rotatable bonds is 6. The highest BCUT2D eigenvalue weighted by atomic mass is 35.5. The summed E-state index contributed by atoms with van der Waals surface area (Å²) in [5.74, 6) is -0.686. The van der Waals surface area contributed by atoms with Gasteiger partial charge in [0.1, 0.15) is 0 Å². The van der Waals surface area contributed by atoms with E-state index in [4.69, 9.17) is 32.1 Å². The summed E-state index contributed by atoms with van der Waals surface area (Å²) >= 11 is 6.19. The molecule has 2 heterocycles. The summed E-state index contributed by atoms with van der Waals surface area (Å²) in [5.41, 5.74) is 7.88. The van der Waals surface area contributed by atoms with Gasteiger partial charge in [-0.1, -0.05) is 16.8 Å². The first-order chi connectivity index (χ1) is 11.6. The number of nitriles is 1. The van der Waals surface area contributed by atoms with Crippen LogP contribution >= 0.6 is 11.6 Å². The summed E-state index contributed by atoms with van der Waals surface area (Å²) in [4.78, 5) is 0. The van der Waals surface area contributed by atoms with Gasteiger partial charge in [0.25, 0.3) is 0 Å². The fourth-order valence-corrected chi connectivity index (χ4v) is 2.92. The molecule has 8 heteroatoms. The van der Waals surface area contributed by atoms with Crippen molar-refractivity contribution >= 4 is 17.3 Å². The molecule has 7 nitrogen and oxygen atoms in total. The van der Waals surface area contributed by atoms with Crippen LogP contribution in [0.25, 0.3) is 5.69 Å². The molecule has 1 aliphatic heterocycles. The van der Waals surface area contributed by atoms with Gasteiger partial charge in [-0.3, -0.25) is 0 Å². The molecule has 24 heavy (non-hydrogen) atoms. The molecule has 1 saturated heterocycles. The first-order valence-corrected chi connectivity index (χ1v) is 8.11. The molecule has 1 aromatic heterocycles. The lowest BCUT2D eigenvalue weighted by Crippen LogP contribution is -2.30. The number of hydrogen-bond acceptors (Lipinski definition) is 6. The quantitative estimate of drug-likeness (QED) is 0.806. The van der Waals surface area contributed by atoms with Crippen LogP contribution in [0.1, 0.15) is 25.0 Å². The number of nitrogens with two attached hydrogens (primary N) is 1. The second-order valence-electron chi connectivity index (χ2n) is 5.63. The molecule has 0 atom stereocenters. The number of aryl methyl sites for hydroxylation is 1. The van der Waals surface area contributed by atoms with Gasteiger partial charge in [-0.2, -0.15) is 5.26 Å². The van der Waals surface area contributed by atoms with Crippen LogP contribution in [0.15, 0.2) is 24.4 Å². The molecule has 2 aromatic rings. The van der Waals surface area contributed by atoms with Crippen molar-refractivity contribution in [3.63, 3.8) is 0 Å². The van der Waals surface area contributed by atoms with Crippen molar-refractivity contribution in [2.45, 2.75) is 31.5 Å². The fraction of sp³-hybridized carbons (Fsp3) is 0.438. The Bertz CT molecular complexity index is 749. The van der Waals surface area contributed by atoms with Crippen LogP contribution < -0.4 is 5.73 Å². The summed E-state index contributed by atoms with van der Waals surface area (Å²) in [6, 6.07) is 7.34. The van der Waals surface area contributed by atoms with Crippen LogP contribution in [0.4, 0.5) is 5.69 Å². The van der Waals surface area contributed by atoms with E-state index in [2.05, 4.69) is 16.4 Å². The third-order valence-electron chi connectivity index (χ3n) is 3.95. The Morgan fingerprint density at radius 3 is 2.88 bits per heavy atom. The maximum Gasteiger partial charge on any atom is 0.169 e. The van der Waals surface area contributed by atoms with Gasteiger partial charge in [0.15, 0.2) is 5.79 Å². The zero-order valence-corrected chi connectivity index (χ0v) is 13.9. The molecule has 1 aliphatic rings. The van der Waals surface area contributed by atoms with E-state index in [0.29, 0.717) is 55.3 Å². The van der Waals surface area contributed by atoms with Gasteiger partial charge in [0.2, 0.25) is 0 Å². The molecule has 0 saturated carbocycles. The summed E-state index contributed by atoms with van der Waals surface area (Å²) < 4.78 is 13.1.